The van der Waals surface area contributed by atoms with Crippen LogP contribution in [0.2, 0.25) is 0 Å². The lowest BCUT2D eigenvalue weighted by atomic mass is 10.1. The van der Waals surface area contributed by atoms with Crippen molar-refractivity contribution < 1.29 is 14.3 Å². The van der Waals surface area contributed by atoms with Gasteiger partial charge in [-0.2, -0.15) is 0 Å². The van der Waals surface area contributed by atoms with E-state index < -0.39 is 0 Å². The highest BCUT2D eigenvalue weighted by Crippen LogP contribution is 2.31. The largest absolute Gasteiger partial charge is 0.497 e. The van der Waals surface area contributed by atoms with Gasteiger partial charge in [0.1, 0.15) is 11.5 Å². The summed E-state index contributed by atoms with van der Waals surface area (Å²) < 4.78 is 11.4. The number of hydrogen-bond acceptors (Lipinski definition) is 4. The highest BCUT2D eigenvalue weighted by Gasteiger charge is 2.16. The predicted octanol–water partition coefficient (Wildman–Crippen LogP) is 3.14. The van der Waals surface area contributed by atoms with E-state index in [1.807, 2.05) is 24.3 Å². The Balaban J connectivity index is 2.32. The van der Waals surface area contributed by atoms with Crippen molar-refractivity contribution in [3.8, 4) is 11.5 Å². The number of benzene rings is 2. The summed E-state index contributed by atoms with van der Waals surface area (Å²) in [6.07, 6.45) is 0. The second-order valence-corrected chi connectivity index (χ2v) is 5.50. The molecule has 3 N–H and O–H groups in total. The third-order valence-corrected chi connectivity index (χ3v) is 3.64. The van der Waals surface area contributed by atoms with E-state index in [0.717, 1.165) is 3.57 Å². The molecule has 21 heavy (non-hydrogen) atoms. The van der Waals surface area contributed by atoms with Gasteiger partial charge in [0.15, 0.2) is 0 Å². The Morgan fingerprint density at radius 2 is 1.81 bits per heavy atom. The number of amides is 1. The third-order valence-electron chi connectivity index (χ3n) is 2.92. The van der Waals surface area contributed by atoms with Crippen molar-refractivity contribution in [1.29, 1.82) is 0 Å². The molecule has 110 valence electrons. The van der Waals surface area contributed by atoms with Gasteiger partial charge in [0, 0.05) is 15.3 Å². The molecule has 6 heteroatoms. The number of rotatable bonds is 4. The van der Waals surface area contributed by atoms with Gasteiger partial charge in [0.2, 0.25) is 0 Å². The molecule has 2 rings (SSSR count). The van der Waals surface area contributed by atoms with Gasteiger partial charge in [-0.25, -0.2) is 0 Å². The lowest BCUT2D eigenvalue weighted by molar-refractivity contribution is 0.102. The third kappa shape index (κ3) is 3.57. The van der Waals surface area contributed by atoms with Crippen LogP contribution < -0.4 is 20.5 Å². The van der Waals surface area contributed by atoms with Gasteiger partial charge in [-0.05, 0) is 52.9 Å². The van der Waals surface area contributed by atoms with Gasteiger partial charge in [-0.15, -0.1) is 0 Å². The Hall–Kier alpha value is -1.96. The topological polar surface area (TPSA) is 73.6 Å². The maximum Gasteiger partial charge on any atom is 0.258 e. The summed E-state index contributed by atoms with van der Waals surface area (Å²) in [6.45, 7) is 0. The zero-order chi connectivity index (χ0) is 15.4. The number of nitrogens with two attached hydrogens (primary N) is 1. The molecular weight excluding hydrogens is 383 g/mol. The fourth-order valence-corrected chi connectivity index (χ4v) is 2.17. The van der Waals surface area contributed by atoms with Gasteiger partial charge in [-0.3, -0.25) is 4.79 Å². The number of carbonyl (C=O) groups excluding carboxylic acids is 1. The molecule has 0 saturated carbocycles. The minimum Gasteiger partial charge on any atom is -0.497 e. The van der Waals surface area contributed by atoms with Crippen LogP contribution in [0.4, 0.5) is 11.4 Å². The predicted molar refractivity (Wildman–Crippen MR) is 91.1 cm³/mol. The average Bonchev–Trinajstić information content (AvgIpc) is 2.49. The second-order valence-electron chi connectivity index (χ2n) is 4.25. The monoisotopic (exact) mass is 398 g/mol. The molecule has 0 aliphatic heterocycles. The number of ether oxygens (including phenoxy) is 2. The summed E-state index contributed by atoms with van der Waals surface area (Å²) >= 11 is 2.20. The van der Waals surface area contributed by atoms with E-state index in [1.54, 1.807) is 12.1 Å². The molecule has 0 unspecified atom stereocenters. The maximum absolute atomic E-state index is 12.4. The summed E-state index contributed by atoms with van der Waals surface area (Å²) in [5.41, 5.74) is 7.24. The second kappa shape index (κ2) is 6.66. The van der Waals surface area contributed by atoms with Gasteiger partial charge in [0.25, 0.3) is 5.91 Å². The number of hydrogen-bond donors (Lipinski definition) is 2. The van der Waals surface area contributed by atoms with Crippen LogP contribution in [-0.4, -0.2) is 20.1 Å². The Labute approximate surface area is 136 Å². The van der Waals surface area contributed by atoms with Crippen molar-refractivity contribution in [2.24, 2.45) is 0 Å². The van der Waals surface area contributed by atoms with Crippen LogP contribution in [0.1, 0.15) is 10.4 Å². The standard InChI is InChI=1S/C15H15IN2O3/c1-20-11-7-12(14(17)13(8-11)21-2)15(19)18-10-5-3-9(16)4-6-10/h3-8H,17H2,1-2H3,(H,18,19). The van der Waals surface area contributed by atoms with E-state index in [4.69, 9.17) is 15.2 Å². The van der Waals surface area contributed by atoms with Gasteiger partial charge in [-0.1, -0.05) is 0 Å². The highest BCUT2D eigenvalue weighted by atomic mass is 127. The van der Waals surface area contributed by atoms with E-state index >= 15 is 0 Å². The molecule has 0 aliphatic rings. The van der Waals surface area contributed by atoms with Crippen LogP contribution in [0, 0.1) is 3.57 Å². The lowest BCUT2D eigenvalue weighted by Gasteiger charge is -2.13. The Bertz CT molecular complexity index is 657. The molecular formula is C15H15IN2O3. The van der Waals surface area contributed by atoms with Gasteiger partial charge >= 0.3 is 0 Å². The molecule has 0 heterocycles. The number of carbonyl (C=O) groups is 1. The first-order valence-electron chi connectivity index (χ1n) is 6.13. The minimum absolute atomic E-state index is 0.279. The summed E-state index contributed by atoms with van der Waals surface area (Å²) in [5, 5.41) is 2.80. The Morgan fingerprint density at radius 3 is 2.38 bits per heavy atom. The smallest absolute Gasteiger partial charge is 0.258 e. The van der Waals surface area contributed by atoms with Crippen LogP contribution in [0.3, 0.4) is 0 Å². The molecule has 2 aromatic rings. The molecule has 2 aromatic carbocycles. The van der Waals surface area contributed by atoms with Gasteiger partial charge in [0.05, 0.1) is 25.5 Å². The number of anilines is 2. The molecule has 5 nitrogen and oxygen atoms in total. The van der Waals surface area contributed by atoms with Crippen LogP contribution in [-0.2, 0) is 0 Å². The Morgan fingerprint density at radius 1 is 1.14 bits per heavy atom. The van der Waals surface area contributed by atoms with Crippen molar-refractivity contribution in [3.63, 3.8) is 0 Å². The fourth-order valence-electron chi connectivity index (χ4n) is 1.81. The molecule has 0 bridgehead atoms. The SMILES string of the molecule is COc1cc(OC)c(N)c(C(=O)Nc2ccc(I)cc2)c1. The first kappa shape index (κ1) is 15.4. The van der Waals surface area contributed by atoms with Crippen molar-refractivity contribution in [1.82, 2.24) is 0 Å². The molecule has 0 spiro atoms. The number of halogens is 1. The van der Waals surface area contributed by atoms with E-state index in [-0.39, 0.29) is 11.6 Å². The number of nitrogen functional groups attached to an aromatic ring is 1. The van der Waals surface area contributed by atoms with E-state index in [9.17, 15) is 4.79 Å². The number of methoxy groups -OCH3 is 2. The number of nitrogens with one attached hydrogen (secondary N) is 1. The first-order chi connectivity index (χ1) is 10.0. The summed E-state index contributed by atoms with van der Waals surface area (Å²) in [5.74, 6) is 0.599. The summed E-state index contributed by atoms with van der Waals surface area (Å²) in [6, 6.07) is 10.7. The van der Waals surface area contributed by atoms with Crippen LogP contribution in [0.5, 0.6) is 11.5 Å². The summed E-state index contributed by atoms with van der Waals surface area (Å²) in [4.78, 5) is 12.4. The maximum atomic E-state index is 12.4. The minimum atomic E-state index is -0.314. The molecule has 0 aromatic heterocycles. The first-order valence-corrected chi connectivity index (χ1v) is 7.21. The van der Waals surface area contributed by atoms with Gasteiger partial charge < -0.3 is 20.5 Å². The lowest BCUT2D eigenvalue weighted by Crippen LogP contribution is -2.14. The zero-order valence-corrected chi connectivity index (χ0v) is 13.8. The van der Waals surface area contributed by atoms with Crippen molar-refractivity contribution in [2.75, 3.05) is 25.3 Å². The van der Waals surface area contributed by atoms with Crippen LogP contribution >= 0.6 is 22.6 Å². The van der Waals surface area contributed by atoms with Crippen molar-refractivity contribution in [3.05, 3.63) is 45.5 Å². The summed E-state index contributed by atoms with van der Waals surface area (Å²) in [7, 11) is 3.01. The molecule has 1 amide bonds. The molecule has 0 saturated heterocycles. The molecule has 0 fully saturated rings. The van der Waals surface area contributed by atoms with Crippen molar-refractivity contribution in [2.45, 2.75) is 0 Å². The fraction of sp³-hybridized carbons (Fsp3) is 0.133. The zero-order valence-electron chi connectivity index (χ0n) is 11.6. The van der Waals surface area contributed by atoms with Crippen molar-refractivity contribution >= 4 is 39.9 Å². The Kier molecular flexibility index (Phi) is 4.89. The molecule has 0 radical (unpaired) electrons. The normalized spacial score (nSPS) is 10.0. The average molecular weight is 398 g/mol. The highest BCUT2D eigenvalue weighted by molar-refractivity contribution is 14.1. The van der Waals surface area contributed by atoms with Crippen LogP contribution in [0.25, 0.3) is 0 Å². The quantitative estimate of drug-likeness (QED) is 0.613. The molecule has 0 atom stereocenters. The van der Waals surface area contributed by atoms with E-state index in [0.29, 0.717) is 22.7 Å². The molecule has 0 aliphatic carbocycles. The van der Waals surface area contributed by atoms with E-state index in [2.05, 4.69) is 27.9 Å². The van der Waals surface area contributed by atoms with Crippen LogP contribution in [0.15, 0.2) is 36.4 Å². The van der Waals surface area contributed by atoms with E-state index in [1.165, 1.54) is 14.2 Å².